The highest BCUT2D eigenvalue weighted by atomic mass is 16.5. The summed E-state index contributed by atoms with van der Waals surface area (Å²) in [6.07, 6.45) is 4.45. The number of ether oxygens (including phenoxy) is 1. The number of aromatic nitrogens is 2. The van der Waals surface area contributed by atoms with E-state index in [4.69, 9.17) is 4.74 Å². The number of methoxy groups -OCH3 is 1. The molecule has 4 rings (SSSR count). The first kappa shape index (κ1) is 17.6. The number of para-hydroxylation sites is 2. The van der Waals surface area contributed by atoms with Crippen molar-refractivity contribution < 1.29 is 9.53 Å². The molecule has 0 N–H and O–H groups in total. The minimum atomic E-state index is 0.204. The topological polar surface area (TPSA) is 47.4 Å². The lowest BCUT2D eigenvalue weighted by Crippen LogP contribution is -2.40. The van der Waals surface area contributed by atoms with E-state index < -0.39 is 0 Å². The second-order valence-corrected chi connectivity index (χ2v) is 7.24. The Morgan fingerprint density at radius 2 is 1.96 bits per heavy atom. The first-order chi connectivity index (χ1) is 13.2. The molecule has 0 spiro atoms. The lowest BCUT2D eigenvalue weighted by molar-refractivity contribution is -0.131. The zero-order valence-corrected chi connectivity index (χ0v) is 15.7. The SMILES string of the molecule is COc1cccc(CC(=O)N2CCC(Cn3cnc4ccccc43)CC2)c1. The predicted molar refractivity (Wildman–Crippen MR) is 106 cm³/mol. The van der Waals surface area contributed by atoms with Gasteiger partial charge in [0.05, 0.1) is 30.9 Å². The van der Waals surface area contributed by atoms with Gasteiger partial charge in [0.2, 0.25) is 5.91 Å². The Labute approximate surface area is 159 Å². The summed E-state index contributed by atoms with van der Waals surface area (Å²) in [7, 11) is 1.65. The smallest absolute Gasteiger partial charge is 0.226 e. The van der Waals surface area contributed by atoms with Crippen LogP contribution < -0.4 is 4.74 Å². The van der Waals surface area contributed by atoms with E-state index >= 15 is 0 Å². The van der Waals surface area contributed by atoms with E-state index in [1.807, 2.05) is 47.6 Å². The van der Waals surface area contributed by atoms with E-state index in [2.05, 4.69) is 21.7 Å². The molecule has 1 aliphatic heterocycles. The minimum Gasteiger partial charge on any atom is -0.497 e. The van der Waals surface area contributed by atoms with Crippen LogP contribution in [0.2, 0.25) is 0 Å². The van der Waals surface area contributed by atoms with Crippen molar-refractivity contribution in [1.82, 2.24) is 14.5 Å². The molecule has 0 radical (unpaired) electrons. The molecule has 3 aromatic rings. The summed E-state index contributed by atoms with van der Waals surface area (Å²) in [5.74, 6) is 1.59. The van der Waals surface area contributed by atoms with E-state index in [-0.39, 0.29) is 5.91 Å². The standard InChI is InChI=1S/C22H25N3O2/c1-27-19-6-4-5-18(13-19)14-22(26)24-11-9-17(10-12-24)15-25-16-23-20-7-2-3-8-21(20)25/h2-8,13,16-17H,9-12,14-15H2,1H3. The Morgan fingerprint density at radius 3 is 2.78 bits per heavy atom. The zero-order chi connectivity index (χ0) is 18.6. The fourth-order valence-corrected chi connectivity index (χ4v) is 3.87. The van der Waals surface area contributed by atoms with E-state index in [1.165, 1.54) is 5.52 Å². The molecule has 140 valence electrons. The summed E-state index contributed by atoms with van der Waals surface area (Å²) >= 11 is 0. The van der Waals surface area contributed by atoms with Crippen molar-refractivity contribution in [3.05, 3.63) is 60.4 Å². The van der Waals surface area contributed by atoms with Crippen LogP contribution >= 0.6 is 0 Å². The highest BCUT2D eigenvalue weighted by molar-refractivity contribution is 5.79. The monoisotopic (exact) mass is 363 g/mol. The largest absolute Gasteiger partial charge is 0.497 e. The molecule has 0 bridgehead atoms. The van der Waals surface area contributed by atoms with Gasteiger partial charge in [-0.2, -0.15) is 0 Å². The molecule has 2 heterocycles. The first-order valence-corrected chi connectivity index (χ1v) is 9.53. The van der Waals surface area contributed by atoms with Gasteiger partial charge < -0.3 is 14.2 Å². The van der Waals surface area contributed by atoms with Crippen molar-refractivity contribution in [3.8, 4) is 5.75 Å². The van der Waals surface area contributed by atoms with Gasteiger partial charge in [-0.1, -0.05) is 24.3 Å². The number of imidazole rings is 1. The third kappa shape index (κ3) is 3.97. The molecule has 5 heteroatoms. The summed E-state index contributed by atoms with van der Waals surface area (Å²) in [5, 5.41) is 0. The molecular weight excluding hydrogens is 338 g/mol. The molecule has 2 aromatic carbocycles. The zero-order valence-electron chi connectivity index (χ0n) is 15.7. The van der Waals surface area contributed by atoms with Crippen LogP contribution in [0.15, 0.2) is 54.9 Å². The van der Waals surface area contributed by atoms with Gasteiger partial charge in [0.15, 0.2) is 0 Å². The van der Waals surface area contributed by atoms with Crippen LogP contribution in [0.3, 0.4) is 0 Å². The van der Waals surface area contributed by atoms with Crippen molar-refractivity contribution >= 4 is 16.9 Å². The summed E-state index contributed by atoms with van der Waals surface area (Å²) < 4.78 is 7.49. The summed E-state index contributed by atoms with van der Waals surface area (Å²) in [6.45, 7) is 2.64. The van der Waals surface area contributed by atoms with Crippen molar-refractivity contribution in [2.75, 3.05) is 20.2 Å². The molecule has 0 atom stereocenters. The van der Waals surface area contributed by atoms with Gasteiger partial charge in [0.1, 0.15) is 5.75 Å². The van der Waals surface area contributed by atoms with Gasteiger partial charge in [-0.15, -0.1) is 0 Å². The number of benzene rings is 2. The Hall–Kier alpha value is -2.82. The van der Waals surface area contributed by atoms with Gasteiger partial charge in [0.25, 0.3) is 0 Å². The van der Waals surface area contributed by atoms with E-state index in [9.17, 15) is 4.79 Å². The van der Waals surface area contributed by atoms with Gasteiger partial charge in [0, 0.05) is 19.6 Å². The lowest BCUT2D eigenvalue weighted by Gasteiger charge is -2.32. The molecule has 0 aliphatic carbocycles. The van der Waals surface area contributed by atoms with Gasteiger partial charge >= 0.3 is 0 Å². The Kier molecular flexibility index (Phi) is 5.10. The predicted octanol–water partition coefficient (Wildman–Crippen LogP) is 3.53. The highest BCUT2D eigenvalue weighted by Gasteiger charge is 2.23. The van der Waals surface area contributed by atoms with Crippen LogP contribution in [0.25, 0.3) is 11.0 Å². The number of hydrogen-bond donors (Lipinski definition) is 0. The first-order valence-electron chi connectivity index (χ1n) is 9.53. The molecule has 1 saturated heterocycles. The molecule has 1 fully saturated rings. The second-order valence-electron chi connectivity index (χ2n) is 7.24. The minimum absolute atomic E-state index is 0.204. The van der Waals surface area contributed by atoms with Crippen molar-refractivity contribution in [2.24, 2.45) is 5.92 Å². The fourth-order valence-electron chi connectivity index (χ4n) is 3.87. The Morgan fingerprint density at radius 1 is 1.15 bits per heavy atom. The molecule has 1 aromatic heterocycles. The number of piperidine rings is 1. The van der Waals surface area contributed by atoms with Crippen molar-refractivity contribution in [2.45, 2.75) is 25.8 Å². The van der Waals surface area contributed by atoms with Crippen molar-refractivity contribution in [1.29, 1.82) is 0 Å². The normalized spacial score (nSPS) is 15.2. The summed E-state index contributed by atoms with van der Waals surface area (Å²) in [4.78, 5) is 19.1. The van der Waals surface area contributed by atoms with Gasteiger partial charge in [-0.3, -0.25) is 4.79 Å². The van der Waals surface area contributed by atoms with Crippen LogP contribution in [-0.2, 0) is 17.8 Å². The number of nitrogens with zero attached hydrogens (tertiary/aromatic N) is 3. The quantitative estimate of drug-likeness (QED) is 0.697. The second kappa shape index (κ2) is 7.82. The number of rotatable bonds is 5. The maximum absolute atomic E-state index is 12.6. The number of carbonyl (C=O) groups excluding carboxylic acids is 1. The van der Waals surface area contributed by atoms with Gasteiger partial charge in [-0.25, -0.2) is 4.98 Å². The number of likely N-dealkylation sites (tertiary alicyclic amines) is 1. The van der Waals surface area contributed by atoms with Crippen LogP contribution in [0.1, 0.15) is 18.4 Å². The fraction of sp³-hybridized carbons (Fsp3) is 0.364. The third-order valence-corrected chi connectivity index (χ3v) is 5.44. The van der Waals surface area contributed by atoms with Crippen LogP contribution in [0, 0.1) is 5.92 Å². The average molecular weight is 363 g/mol. The number of amides is 1. The van der Waals surface area contributed by atoms with Crippen molar-refractivity contribution in [3.63, 3.8) is 0 Å². The van der Waals surface area contributed by atoms with Gasteiger partial charge in [-0.05, 0) is 48.6 Å². The summed E-state index contributed by atoms with van der Waals surface area (Å²) in [6, 6.07) is 16.0. The lowest BCUT2D eigenvalue weighted by atomic mass is 9.96. The molecule has 27 heavy (non-hydrogen) atoms. The highest BCUT2D eigenvalue weighted by Crippen LogP contribution is 2.22. The average Bonchev–Trinajstić information content (AvgIpc) is 3.11. The Balaban J connectivity index is 1.32. The number of carbonyl (C=O) groups is 1. The Bertz CT molecular complexity index is 926. The van der Waals surface area contributed by atoms with E-state index in [0.29, 0.717) is 12.3 Å². The van der Waals surface area contributed by atoms with Crippen LogP contribution in [0.5, 0.6) is 5.75 Å². The molecular formula is C22H25N3O2. The van der Waals surface area contributed by atoms with E-state index in [0.717, 1.165) is 49.3 Å². The molecule has 1 amide bonds. The molecule has 1 aliphatic rings. The molecule has 5 nitrogen and oxygen atoms in total. The maximum atomic E-state index is 12.6. The number of hydrogen-bond acceptors (Lipinski definition) is 3. The van der Waals surface area contributed by atoms with Crippen LogP contribution in [0.4, 0.5) is 0 Å². The third-order valence-electron chi connectivity index (χ3n) is 5.44. The van der Waals surface area contributed by atoms with E-state index in [1.54, 1.807) is 7.11 Å². The molecule has 0 unspecified atom stereocenters. The summed E-state index contributed by atoms with van der Waals surface area (Å²) in [5.41, 5.74) is 3.24. The number of fused-ring (bicyclic) bond motifs is 1. The molecule has 0 saturated carbocycles. The van der Waals surface area contributed by atoms with Crippen LogP contribution in [-0.4, -0.2) is 40.6 Å². The maximum Gasteiger partial charge on any atom is 0.226 e.